The van der Waals surface area contributed by atoms with Gasteiger partial charge in [-0.3, -0.25) is 14.4 Å². The number of likely N-dealkylation sites (tertiary alicyclic amines) is 1. The Morgan fingerprint density at radius 3 is 2.12 bits per heavy atom. The van der Waals surface area contributed by atoms with Crippen LogP contribution in [0.2, 0.25) is 0 Å². The summed E-state index contributed by atoms with van der Waals surface area (Å²) in [5.41, 5.74) is 9.67. The van der Waals surface area contributed by atoms with Crippen LogP contribution >= 0.6 is 12.6 Å². The number of carbonyl (C=O) groups excluding carboxylic acids is 3. The molecule has 2 aromatic carbocycles. The zero-order valence-electron chi connectivity index (χ0n) is 22.9. The summed E-state index contributed by atoms with van der Waals surface area (Å²) in [6.07, 6.45) is 4.85. The molecule has 1 aliphatic heterocycles. The molecule has 0 aliphatic carbocycles. The molecule has 1 saturated heterocycles. The molecule has 1 fully saturated rings. The van der Waals surface area contributed by atoms with Gasteiger partial charge in [0.05, 0.1) is 6.04 Å². The zero-order valence-corrected chi connectivity index (χ0v) is 23.8. The number of nitrogens with two attached hydrogens (primary N) is 1. The summed E-state index contributed by atoms with van der Waals surface area (Å²) in [6.45, 7) is 0.304. The van der Waals surface area contributed by atoms with Gasteiger partial charge in [0.15, 0.2) is 0 Å². The molecule has 5 rings (SSSR count). The Labute approximate surface area is 247 Å². The van der Waals surface area contributed by atoms with Gasteiger partial charge < -0.3 is 36.3 Å². The topological polar surface area (TPSA) is 173 Å². The molecule has 4 unspecified atom stereocenters. The van der Waals surface area contributed by atoms with Crippen molar-refractivity contribution in [3.05, 3.63) is 72.1 Å². The van der Waals surface area contributed by atoms with E-state index in [-0.39, 0.29) is 18.6 Å². The third-order valence-corrected chi connectivity index (χ3v) is 8.17. The van der Waals surface area contributed by atoms with Gasteiger partial charge in [0.2, 0.25) is 17.7 Å². The molecule has 4 aromatic rings. The smallest absolute Gasteiger partial charge is 0.326 e. The van der Waals surface area contributed by atoms with Crippen LogP contribution in [-0.2, 0) is 32.0 Å². The molecule has 0 radical (unpaired) electrons. The van der Waals surface area contributed by atoms with Gasteiger partial charge in [-0.05, 0) is 42.5 Å². The summed E-state index contributed by atoms with van der Waals surface area (Å²) in [5, 5.41) is 17.0. The van der Waals surface area contributed by atoms with Crippen LogP contribution < -0.4 is 16.4 Å². The summed E-state index contributed by atoms with van der Waals surface area (Å²) < 4.78 is 0. The lowest BCUT2D eigenvalue weighted by atomic mass is 10.0. The first-order chi connectivity index (χ1) is 20.3. The molecule has 0 spiro atoms. The minimum atomic E-state index is -1.18. The van der Waals surface area contributed by atoms with Crippen LogP contribution in [0.25, 0.3) is 21.8 Å². The normalized spacial score (nSPS) is 17.2. The number of thiol groups is 1. The van der Waals surface area contributed by atoms with Crippen LogP contribution in [0.3, 0.4) is 0 Å². The van der Waals surface area contributed by atoms with Crippen LogP contribution in [0, 0.1) is 0 Å². The molecule has 7 N–H and O–H groups in total. The number of carboxylic acid groups (broad SMARTS) is 1. The third kappa shape index (κ3) is 6.14. The summed E-state index contributed by atoms with van der Waals surface area (Å²) >= 11 is 4.28. The Morgan fingerprint density at radius 1 is 0.929 bits per heavy atom. The molecule has 0 saturated carbocycles. The van der Waals surface area contributed by atoms with E-state index >= 15 is 0 Å². The van der Waals surface area contributed by atoms with Crippen molar-refractivity contribution < 1.29 is 24.3 Å². The maximum Gasteiger partial charge on any atom is 0.326 e. The van der Waals surface area contributed by atoms with E-state index in [1.54, 1.807) is 6.20 Å². The van der Waals surface area contributed by atoms with Crippen LogP contribution in [-0.4, -0.2) is 80.1 Å². The summed E-state index contributed by atoms with van der Waals surface area (Å²) in [4.78, 5) is 59.5. The number of nitrogens with zero attached hydrogens (tertiary/aromatic N) is 1. The van der Waals surface area contributed by atoms with Gasteiger partial charge in [-0.2, -0.15) is 12.6 Å². The van der Waals surface area contributed by atoms with Crippen molar-refractivity contribution in [2.45, 2.75) is 49.9 Å². The molecule has 11 nitrogen and oxygen atoms in total. The highest BCUT2D eigenvalue weighted by molar-refractivity contribution is 7.80. The number of benzene rings is 2. The number of carboxylic acids is 1. The number of nitrogens with one attached hydrogen (secondary N) is 4. The molecular weight excluding hydrogens is 556 g/mol. The SMILES string of the molecule is NC(Cc1c[nH]c2ccccc12)C(=O)NC(CS)C(=O)N1CCCC1C(=O)NC(Cc1c[nH]c2ccccc12)C(=O)O. The molecule has 3 heterocycles. The lowest BCUT2D eigenvalue weighted by molar-refractivity contribution is -0.144. The average Bonchev–Trinajstić information content (AvgIpc) is 3.74. The second-order valence-corrected chi connectivity index (χ2v) is 10.9. The minimum absolute atomic E-state index is 0.00747. The van der Waals surface area contributed by atoms with Gasteiger partial charge in [0.25, 0.3) is 0 Å². The summed E-state index contributed by atoms with van der Waals surface area (Å²) in [7, 11) is 0. The Bertz CT molecular complexity index is 1620. The molecule has 1 aliphatic rings. The van der Waals surface area contributed by atoms with E-state index in [2.05, 4.69) is 33.2 Å². The molecule has 4 atom stereocenters. The van der Waals surface area contributed by atoms with Crippen molar-refractivity contribution in [1.29, 1.82) is 0 Å². The number of amides is 3. The number of aromatic nitrogens is 2. The van der Waals surface area contributed by atoms with E-state index in [0.717, 1.165) is 32.9 Å². The van der Waals surface area contributed by atoms with E-state index in [1.165, 1.54) is 4.90 Å². The number of aromatic amines is 2. The van der Waals surface area contributed by atoms with Gasteiger partial charge in [0, 0.05) is 52.9 Å². The number of hydrogen-bond donors (Lipinski definition) is 7. The Kier molecular flexibility index (Phi) is 8.83. The predicted molar refractivity (Wildman–Crippen MR) is 162 cm³/mol. The number of fused-ring (bicyclic) bond motifs is 2. The lowest BCUT2D eigenvalue weighted by Gasteiger charge is -2.29. The first-order valence-corrected chi connectivity index (χ1v) is 14.5. The highest BCUT2D eigenvalue weighted by Gasteiger charge is 2.39. The number of rotatable bonds is 11. The van der Waals surface area contributed by atoms with E-state index in [9.17, 15) is 24.3 Å². The third-order valence-electron chi connectivity index (χ3n) is 7.80. The average molecular weight is 591 g/mol. The van der Waals surface area contributed by atoms with E-state index in [0.29, 0.717) is 19.4 Å². The molecule has 3 amide bonds. The zero-order chi connectivity index (χ0) is 29.8. The first-order valence-electron chi connectivity index (χ1n) is 13.9. The van der Waals surface area contributed by atoms with Crippen molar-refractivity contribution in [2.75, 3.05) is 12.3 Å². The van der Waals surface area contributed by atoms with Crippen molar-refractivity contribution in [1.82, 2.24) is 25.5 Å². The number of para-hydroxylation sites is 2. The summed E-state index contributed by atoms with van der Waals surface area (Å²) in [5.74, 6) is -2.67. The second kappa shape index (κ2) is 12.7. The highest BCUT2D eigenvalue weighted by Crippen LogP contribution is 2.22. The predicted octanol–water partition coefficient (Wildman–Crippen LogP) is 1.74. The molecular formula is C30H34N6O5S. The maximum absolute atomic E-state index is 13.5. The fraction of sp³-hybridized carbons (Fsp3) is 0.333. The van der Waals surface area contributed by atoms with Crippen LogP contribution in [0.15, 0.2) is 60.9 Å². The van der Waals surface area contributed by atoms with Crippen LogP contribution in [0.4, 0.5) is 0 Å². The van der Waals surface area contributed by atoms with E-state index < -0.39 is 47.9 Å². The van der Waals surface area contributed by atoms with Gasteiger partial charge in [-0.25, -0.2) is 4.79 Å². The van der Waals surface area contributed by atoms with Gasteiger partial charge in [0.1, 0.15) is 18.1 Å². The van der Waals surface area contributed by atoms with Crippen molar-refractivity contribution in [3.63, 3.8) is 0 Å². The largest absolute Gasteiger partial charge is 0.480 e. The molecule has 42 heavy (non-hydrogen) atoms. The number of hydrogen-bond acceptors (Lipinski definition) is 6. The second-order valence-electron chi connectivity index (χ2n) is 10.6. The first kappa shape index (κ1) is 29.2. The monoisotopic (exact) mass is 590 g/mol. The lowest BCUT2D eigenvalue weighted by Crippen LogP contribution is -2.57. The standard InChI is InChI=1S/C30H34N6O5S/c31-21(12-17-14-32-22-8-3-1-6-19(17)22)27(37)35-25(16-42)29(39)36-11-5-10-26(36)28(38)34-24(30(40)41)13-18-15-33-23-9-4-2-7-20(18)23/h1-4,6-9,14-15,21,24-26,32-33,42H,5,10-13,16,31H2,(H,34,38)(H,35,37)(H,40,41). The van der Waals surface area contributed by atoms with E-state index in [4.69, 9.17) is 5.73 Å². The number of aliphatic carboxylic acids is 1. The van der Waals surface area contributed by atoms with Crippen LogP contribution in [0.1, 0.15) is 24.0 Å². The number of carbonyl (C=O) groups is 4. The quantitative estimate of drug-likeness (QED) is 0.131. The Balaban J connectivity index is 1.21. The maximum atomic E-state index is 13.5. The molecule has 220 valence electrons. The van der Waals surface area contributed by atoms with Crippen LogP contribution in [0.5, 0.6) is 0 Å². The van der Waals surface area contributed by atoms with Crippen molar-refractivity contribution in [2.24, 2.45) is 5.73 Å². The Morgan fingerprint density at radius 2 is 1.52 bits per heavy atom. The van der Waals surface area contributed by atoms with Crippen molar-refractivity contribution >= 4 is 58.1 Å². The number of H-pyrrole nitrogens is 2. The molecule has 0 bridgehead atoms. The van der Waals surface area contributed by atoms with Crippen molar-refractivity contribution in [3.8, 4) is 0 Å². The molecule has 2 aromatic heterocycles. The van der Waals surface area contributed by atoms with Gasteiger partial charge >= 0.3 is 5.97 Å². The highest BCUT2D eigenvalue weighted by atomic mass is 32.1. The van der Waals surface area contributed by atoms with Gasteiger partial charge in [-0.15, -0.1) is 0 Å². The minimum Gasteiger partial charge on any atom is -0.480 e. The Hall–Kier alpha value is -4.29. The fourth-order valence-electron chi connectivity index (χ4n) is 5.59. The summed E-state index contributed by atoms with van der Waals surface area (Å²) in [6, 6.07) is 11.3. The molecule has 12 heteroatoms. The van der Waals surface area contributed by atoms with Gasteiger partial charge in [-0.1, -0.05) is 36.4 Å². The fourth-order valence-corrected chi connectivity index (χ4v) is 5.83. The van der Waals surface area contributed by atoms with E-state index in [1.807, 2.05) is 54.7 Å².